The molecule has 2 rings (SSSR count). The fourth-order valence-corrected chi connectivity index (χ4v) is 2.42. The summed E-state index contributed by atoms with van der Waals surface area (Å²) in [7, 11) is 4.09. The lowest BCUT2D eigenvalue weighted by atomic mass is 10.2. The highest BCUT2D eigenvalue weighted by Gasteiger charge is 2.31. The monoisotopic (exact) mass is 236 g/mol. The van der Waals surface area contributed by atoms with E-state index in [1.165, 1.54) is 0 Å². The van der Waals surface area contributed by atoms with Crippen LogP contribution in [0.25, 0.3) is 0 Å². The van der Waals surface area contributed by atoms with E-state index in [-0.39, 0.29) is 6.10 Å². The van der Waals surface area contributed by atoms with Crippen molar-refractivity contribution in [1.82, 2.24) is 9.88 Å². The summed E-state index contributed by atoms with van der Waals surface area (Å²) in [6.07, 6.45) is 2.26. The van der Waals surface area contributed by atoms with Crippen molar-refractivity contribution in [1.29, 1.82) is 0 Å². The van der Waals surface area contributed by atoms with E-state index in [9.17, 15) is 5.11 Å². The molecule has 1 saturated heterocycles. The van der Waals surface area contributed by atoms with Gasteiger partial charge in [0.15, 0.2) is 0 Å². The number of nitrogens with two attached hydrogens (primary N) is 1. The molecule has 0 spiro atoms. The van der Waals surface area contributed by atoms with Gasteiger partial charge < -0.3 is 20.6 Å². The van der Waals surface area contributed by atoms with Gasteiger partial charge in [0.05, 0.1) is 6.10 Å². The number of hydrogen-bond donors (Lipinski definition) is 2. The van der Waals surface area contributed by atoms with E-state index in [4.69, 9.17) is 5.73 Å². The summed E-state index contributed by atoms with van der Waals surface area (Å²) in [5.41, 5.74) is 6.74. The van der Waals surface area contributed by atoms with Gasteiger partial charge in [0.25, 0.3) is 0 Å². The molecule has 1 aromatic heterocycles. The van der Waals surface area contributed by atoms with Crippen molar-refractivity contribution in [2.75, 3.05) is 37.8 Å². The van der Waals surface area contributed by atoms with Gasteiger partial charge in [0, 0.05) is 37.1 Å². The zero-order valence-corrected chi connectivity index (χ0v) is 10.4. The molecule has 3 N–H and O–H groups in total. The van der Waals surface area contributed by atoms with E-state index in [0.717, 1.165) is 18.7 Å². The topological polar surface area (TPSA) is 65.6 Å². The van der Waals surface area contributed by atoms with Crippen molar-refractivity contribution in [3.05, 3.63) is 18.3 Å². The first-order valence-corrected chi connectivity index (χ1v) is 5.87. The van der Waals surface area contributed by atoms with E-state index in [0.29, 0.717) is 18.4 Å². The fraction of sp³-hybridized carbons (Fsp3) is 0.583. The number of β-amino-alcohol motifs (C(OH)–C–C–N with tert-alkyl or cyclic N) is 1. The van der Waals surface area contributed by atoms with Gasteiger partial charge in [-0.3, -0.25) is 0 Å². The van der Waals surface area contributed by atoms with Crippen LogP contribution < -0.4 is 10.6 Å². The van der Waals surface area contributed by atoms with Gasteiger partial charge in [0.1, 0.15) is 5.82 Å². The summed E-state index contributed by atoms with van der Waals surface area (Å²) in [4.78, 5) is 8.34. The third kappa shape index (κ3) is 2.87. The highest BCUT2D eigenvalue weighted by molar-refractivity contribution is 5.53. The Kier molecular flexibility index (Phi) is 3.49. The molecule has 0 saturated carbocycles. The number of anilines is 2. The Hall–Kier alpha value is -1.33. The van der Waals surface area contributed by atoms with E-state index in [1.807, 2.05) is 26.2 Å². The van der Waals surface area contributed by atoms with Crippen molar-refractivity contribution in [2.24, 2.45) is 0 Å². The molecule has 0 radical (unpaired) electrons. The Morgan fingerprint density at radius 3 is 3.00 bits per heavy atom. The first-order valence-electron chi connectivity index (χ1n) is 5.87. The third-order valence-electron chi connectivity index (χ3n) is 3.06. The maximum absolute atomic E-state index is 9.81. The van der Waals surface area contributed by atoms with E-state index >= 15 is 0 Å². The van der Waals surface area contributed by atoms with Gasteiger partial charge in [-0.05, 0) is 26.6 Å². The molecule has 2 heterocycles. The lowest BCUT2D eigenvalue weighted by Gasteiger charge is -2.28. The number of aliphatic hydroxyl groups is 1. The molecule has 0 amide bonds. The molecule has 1 fully saturated rings. The number of aliphatic hydroxyl groups excluding tert-OH is 1. The molecule has 5 heteroatoms. The SMILES string of the molecule is CN(C)CC1CC(O)CN1c1ccnc(N)c1. The van der Waals surface area contributed by atoms with Crippen LogP contribution in [0.2, 0.25) is 0 Å². The maximum Gasteiger partial charge on any atom is 0.125 e. The molecule has 5 nitrogen and oxygen atoms in total. The standard InChI is InChI=1S/C12H20N4O/c1-15(2)7-10-5-11(17)8-16(10)9-3-4-14-12(13)6-9/h3-4,6,10-11,17H,5,7-8H2,1-2H3,(H2,13,14). The minimum atomic E-state index is -0.255. The molecule has 1 aliphatic heterocycles. The molecule has 0 aromatic carbocycles. The Balaban J connectivity index is 2.17. The lowest BCUT2D eigenvalue weighted by molar-refractivity contribution is 0.191. The number of rotatable bonds is 3. The van der Waals surface area contributed by atoms with Crippen LogP contribution in [0.4, 0.5) is 11.5 Å². The minimum absolute atomic E-state index is 0.255. The Labute approximate surface area is 102 Å². The maximum atomic E-state index is 9.81. The second kappa shape index (κ2) is 4.89. The van der Waals surface area contributed by atoms with Crippen molar-refractivity contribution in [3.63, 3.8) is 0 Å². The molecule has 17 heavy (non-hydrogen) atoms. The number of pyridine rings is 1. The number of nitrogen functional groups attached to an aromatic ring is 1. The molecule has 0 bridgehead atoms. The van der Waals surface area contributed by atoms with Gasteiger partial charge in [-0.15, -0.1) is 0 Å². The highest BCUT2D eigenvalue weighted by atomic mass is 16.3. The normalized spacial score (nSPS) is 24.6. The quantitative estimate of drug-likeness (QED) is 0.783. The van der Waals surface area contributed by atoms with Crippen molar-refractivity contribution < 1.29 is 5.11 Å². The highest BCUT2D eigenvalue weighted by Crippen LogP contribution is 2.26. The average Bonchev–Trinajstić information content (AvgIpc) is 2.58. The van der Waals surface area contributed by atoms with Crippen LogP contribution in [0.1, 0.15) is 6.42 Å². The molecular weight excluding hydrogens is 216 g/mol. The van der Waals surface area contributed by atoms with Crippen LogP contribution >= 0.6 is 0 Å². The second-order valence-electron chi connectivity index (χ2n) is 4.90. The van der Waals surface area contributed by atoms with Gasteiger partial charge >= 0.3 is 0 Å². The van der Waals surface area contributed by atoms with Crippen LogP contribution in [-0.2, 0) is 0 Å². The molecule has 94 valence electrons. The molecular formula is C12H20N4O. The number of likely N-dealkylation sites (N-methyl/N-ethyl adjacent to an activating group) is 1. The second-order valence-corrected chi connectivity index (χ2v) is 4.90. The summed E-state index contributed by atoms with van der Waals surface area (Å²) in [5.74, 6) is 0.521. The smallest absolute Gasteiger partial charge is 0.125 e. The molecule has 0 aliphatic carbocycles. The van der Waals surface area contributed by atoms with Gasteiger partial charge in [-0.2, -0.15) is 0 Å². The van der Waals surface area contributed by atoms with Crippen molar-refractivity contribution in [2.45, 2.75) is 18.6 Å². The van der Waals surface area contributed by atoms with Crippen LogP contribution in [0.15, 0.2) is 18.3 Å². The predicted octanol–water partition coefficient (Wildman–Crippen LogP) is 0.165. The third-order valence-corrected chi connectivity index (χ3v) is 3.06. The Bertz CT molecular complexity index is 383. The van der Waals surface area contributed by atoms with E-state index < -0.39 is 0 Å². The van der Waals surface area contributed by atoms with E-state index in [2.05, 4.69) is 14.8 Å². The summed E-state index contributed by atoms with van der Waals surface area (Å²) in [5, 5.41) is 9.81. The van der Waals surface area contributed by atoms with Crippen molar-refractivity contribution in [3.8, 4) is 0 Å². The number of hydrogen-bond acceptors (Lipinski definition) is 5. The number of aromatic nitrogens is 1. The molecule has 2 unspecified atom stereocenters. The summed E-state index contributed by atoms with van der Waals surface area (Å²) >= 11 is 0. The number of nitrogens with zero attached hydrogens (tertiary/aromatic N) is 3. The van der Waals surface area contributed by atoms with Crippen LogP contribution in [0.3, 0.4) is 0 Å². The lowest BCUT2D eigenvalue weighted by Crippen LogP contribution is -2.37. The van der Waals surface area contributed by atoms with Gasteiger partial charge in [-0.1, -0.05) is 0 Å². The Morgan fingerprint density at radius 1 is 1.59 bits per heavy atom. The van der Waals surface area contributed by atoms with Gasteiger partial charge in [0.2, 0.25) is 0 Å². The predicted molar refractivity (Wildman–Crippen MR) is 69.0 cm³/mol. The zero-order valence-electron chi connectivity index (χ0n) is 10.4. The Morgan fingerprint density at radius 2 is 2.35 bits per heavy atom. The largest absolute Gasteiger partial charge is 0.391 e. The van der Waals surface area contributed by atoms with Crippen LogP contribution in [-0.4, -0.2) is 54.3 Å². The molecule has 1 aromatic rings. The van der Waals surface area contributed by atoms with Gasteiger partial charge in [-0.25, -0.2) is 4.98 Å². The zero-order chi connectivity index (χ0) is 12.4. The van der Waals surface area contributed by atoms with Crippen molar-refractivity contribution >= 4 is 11.5 Å². The molecule has 1 aliphatic rings. The van der Waals surface area contributed by atoms with Crippen LogP contribution in [0, 0.1) is 0 Å². The first-order chi connectivity index (χ1) is 8.06. The summed E-state index contributed by atoms with van der Waals surface area (Å²) in [6.45, 7) is 1.60. The average molecular weight is 236 g/mol. The van der Waals surface area contributed by atoms with Crippen LogP contribution in [0.5, 0.6) is 0 Å². The summed E-state index contributed by atoms with van der Waals surface area (Å²) < 4.78 is 0. The minimum Gasteiger partial charge on any atom is -0.391 e. The first kappa shape index (κ1) is 12.1. The molecule has 2 atom stereocenters. The van der Waals surface area contributed by atoms with E-state index in [1.54, 1.807) is 6.20 Å². The summed E-state index contributed by atoms with van der Waals surface area (Å²) in [6, 6.07) is 4.14. The fourth-order valence-electron chi connectivity index (χ4n) is 2.42.